The van der Waals surface area contributed by atoms with Crippen molar-refractivity contribution in [3.8, 4) is 23.4 Å². The number of aryl methyl sites for hydroxylation is 1. The third-order valence-electron chi connectivity index (χ3n) is 5.28. The fourth-order valence-corrected chi connectivity index (χ4v) is 4.71. The van der Waals surface area contributed by atoms with Crippen LogP contribution in [-0.2, 0) is 10.0 Å². The summed E-state index contributed by atoms with van der Waals surface area (Å²) in [6, 6.07) is 4.63. The first-order valence-corrected chi connectivity index (χ1v) is 12.0. The lowest BCUT2D eigenvalue weighted by atomic mass is 10.1. The predicted octanol–water partition coefficient (Wildman–Crippen LogP) is 4.68. The van der Waals surface area contributed by atoms with E-state index in [1.54, 1.807) is 4.72 Å². The molecular formula is C22H15ClF4N6O2S. The second-order valence-electron chi connectivity index (χ2n) is 7.75. The zero-order chi connectivity index (χ0) is 26.4. The summed E-state index contributed by atoms with van der Waals surface area (Å²) in [7, 11) is -4.55. The van der Waals surface area contributed by atoms with E-state index >= 15 is 0 Å². The van der Waals surface area contributed by atoms with Crippen LogP contribution in [0, 0.1) is 24.1 Å². The van der Waals surface area contributed by atoms with Crippen molar-refractivity contribution in [1.29, 1.82) is 5.26 Å². The van der Waals surface area contributed by atoms with Crippen LogP contribution in [0.5, 0.6) is 0 Å². The van der Waals surface area contributed by atoms with E-state index in [1.165, 1.54) is 42.1 Å². The lowest BCUT2D eigenvalue weighted by Gasteiger charge is -2.17. The molecule has 14 heteroatoms. The van der Waals surface area contributed by atoms with E-state index < -0.39 is 33.0 Å². The molecule has 0 amide bonds. The van der Waals surface area contributed by atoms with E-state index in [1.807, 2.05) is 6.07 Å². The molecule has 0 saturated carbocycles. The molecule has 4 aromatic rings. The van der Waals surface area contributed by atoms with Crippen molar-refractivity contribution >= 4 is 32.5 Å². The van der Waals surface area contributed by atoms with Gasteiger partial charge >= 0.3 is 6.18 Å². The smallest absolute Gasteiger partial charge is 0.275 e. The van der Waals surface area contributed by atoms with Gasteiger partial charge in [0.25, 0.3) is 0 Å². The molecule has 0 aliphatic rings. The number of alkyl halides is 3. The summed E-state index contributed by atoms with van der Waals surface area (Å²) in [5, 5.41) is 10.4. The molecule has 0 fully saturated rings. The highest BCUT2D eigenvalue weighted by molar-refractivity contribution is 7.89. The SMILES string of the molecule is Cc1cc2c(cc1F)c(C#N)c(-c1ccc(S(=O)(=O)NC(C)C(F)(F)F)cn1)n2-c1ncc(Cl)cn1. The second-order valence-corrected chi connectivity index (χ2v) is 9.90. The van der Waals surface area contributed by atoms with Crippen molar-refractivity contribution in [3.63, 3.8) is 0 Å². The molecule has 1 atom stereocenters. The van der Waals surface area contributed by atoms with E-state index in [0.717, 1.165) is 12.3 Å². The van der Waals surface area contributed by atoms with Crippen molar-refractivity contribution in [2.75, 3.05) is 0 Å². The van der Waals surface area contributed by atoms with Crippen LogP contribution in [0.4, 0.5) is 17.6 Å². The van der Waals surface area contributed by atoms with Crippen LogP contribution in [-0.4, -0.2) is 40.2 Å². The van der Waals surface area contributed by atoms with Gasteiger partial charge in [0.15, 0.2) is 0 Å². The maximum atomic E-state index is 14.4. The molecule has 0 bridgehead atoms. The summed E-state index contributed by atoms with van der Waals surface area (Å²) in [6.45, 7) is 2.21. The predicted molar refractivity (Wildman–Crippen MR) is 122 cm³/mol. The Labute approximate surface area is 207 Å². The maximum absolute atomic E-state index is 14.4. The van der Waals surface area contributed by atoms with Crippen molar-refractivity contribution in [2.24, 2.45) is 0 Å². The van der Waals surface area contributed by atoms with Crippen molar-refractivity contribution < 1.29 is 26.0 Å². The van der Waals surface area contributed by atoms with E-state index in [9.17, 15) is 31.2 Å². The largest absolute Gasteiger partial charge is 0.404 e. The lowest BCUT2D eigenvalue weighted by Crippen LogP contribution is -2.42. The Kier molecular flexibility index (Phi) is 6.46. The van der Waals surface area contributed by atoms with Crippen LogP contribution in [0.1, 0.15) is 18.1 Å². The van der Waals surface area contributed by atoms with Gasteiger partial charge in [-0.1, -0.05) is 11.6 Å². The summed E-state index contributed by atoms with van der Waals surface area (Å²) in [4.78, 5) is 11.9. The van der Waals surface area contributed by atoms with E-state index in [2.05, 4.69) is 15.0 Å². The van der Waals surface area contributed by atoms with Crippen LogP contribution >= 0.6 is 11.6 Å². The van der Waals surface area contributed by atoms with Gasteiger partial charge in [0.05, 0.1) is 39.9 Å². The number of halogens is 5. The molecule has 1 aromatic carbocycles. The summed E-state index contributed by atoms with van der Waals surface area (Å²) in [5.74, 6) is -0.481. The number of nitrogens with zero attached hydrogens (tertiary/aromatic N) is 5. The topological polar surface area (TPSA) is 114 Å². The lowest BCUT2D eigenvalue weighted by molar-refractivity contribution is -0.147. The zero-order valence-corrected chi connectivity index (χ0v) is 20.0. The standard InChI is InChI=1S/C22H15ClF4N6O2S/c1-11-5-19-15(6-17(11)24)16(7-28)20(33(19)21-30-8-13(23)9-31-21)18-4-3-14(10-29-18)36(34,35)32-12(2)22(25,26)27/h3-6,8-10,12,32H,1-2H3. The summed E-state index contributed by atoms with van der Waals surface area (Å²) in [5.41, 5.74) is 0.865. The number of fused-ring (bicyclic) bond motifs is 1. The van der Waals surface area contributed by atoms with Gasteiger partial charge in [0.1, 0.15) is 22.8 Å². The Hall–Kier alpha value is -3.60. The Morgan fingerprint density at radius 1 is 1.14 bits per heavy atom. The summed E-state index contributed by atoms with van der Waals surface area (Å²) in [6.07, 6.45) is -1.29. The summed E-state index contributed by atoms with van der Waals surface area (Å²) >= 11 is 5.90. The van der Waals surface area contributed by atoms with Crippen LogP contribution in [0.3, 0.4) is 0 Å². The minimum absolute atomic E-state index is 0.00868. The number of benzene rings is 1. The molecule has 3 heterocycles. The molecule has 3 aromatic heterocycles. The van der Waals surface area contributed by atoms with Gasteiger partial charge in [-0.3, -0.25) is 9.55 Å². The number of hydrogen-bond acceptors (Lipinski definition) is 6. The van der Waals surface area contributed by atoms with Gasteiger partial charge < -0.3 is 0 Å². The number of aromatic nitrogens is 4. The average Bonchev–Trinajstić information content (AvgIpc) is 3.12. The number of sulfonamides is 1. The van der Waals surface area contributed by atoms with Crippen LogP contribution in [0.25, 0.3) is 28.2 Å². The van der Waals surface area contributed by atoms with Crippen LogP contribution in [0.15, 0.2) is 47.8 Å². The highest BCUT2D eigenvalue weighted by Crippen LogP contribution is 2.36. The third-order valence-corrected chi connectivity index (χ3v) is 7.00. The fourth-order valence-electron chi connectivity index (χ4n) is 3.44. The maximum Gasteiger partial charge on any atom is 0.404 e. The van der Waals surface area contributed by atoms with Crippen LogP contribution in [0.2, 0.25) is 5.02 Å². The summed E-state index contributed by atoms with van der Waals surface area (Å²) < 4.78 is 80.7. The molecule has 0 radical (unpaired) electrons. The van der Waals surface area contributed by atoms with Crippen molar-refractivity contribution in [1.82, 2.24) is 24.2 Å². The Morgan fingerprint density at radius 2 is 1.81 bits per heavy atom. The number of hydrogen-bond donors (Lipinski definition) is 1. The van der Waals surface area contributed by atoms with E-state index in [-0.39, 0.29) is 38.9 Å². The Morgan fingerprint density at radius 3 is 2.36 bits per heavy atom. The molecule has 1 N–H and O–H groups in total. The van der Waals surface area contributed by atoms with Crippen LogP contribution < -0.4 is 4.72 Å². The normalized spacial score (nSPS) is 13.1. The number of nitriles is 1. The first-order chi connectivity index (χ1) is 16.8. The third kappa shape index (κ3) is 4.62. The monoisotopic (exact) mass is 538 g/mol. The van der Waals surface area contributed by atoms with Crippen molar-refractivity contribution in [2.45, 2.75) is 31.0 Å². The Bertz CT molecular complexity index is 1610. The number of nitrogens with one attached hydrogen (secondary N) is 1. The quantitative estimate of drug-likeness (QED) is 0.369. The number of rotatable bonds is 5. The van der Waals surface area contributed by atoms with Gasteiger partial charge in [0.2, 0.25) is 16.0 Å². The molecule has 186 valence electrons. The Balaban J connectivity index is 1.91. The molecule has 4 rings (SSSR count). The molecule has 0 aliphatic carbocycles. The molecule has 1 unspecified atom stereocenters. The van der Waals surface area contributed by atoms with Gasteiger partial charge in [-0.15, -0.1) is 0 Å². The number of pyridine rings is 1. The highest BCUT2D eigenvalue weighted by atomic mass is 35.5. The molecule has 8 nitrogen and oxygen atoms in total. The fraction of sp³-hybridized carbons (Fsp3) is 0.182. The van der Waals surface area contributed by atoms with Gasteiger partial charge in [0, 0.05) is 11.6 Å². The zero-order valence-electron chi connectivity index (χ0n) is 18.5. The second kappa shape index (κ2) is 9.12. The molecule has 0 saturated heterocycles. The van der Waals surface area contributed by atoms with Gasteiger partial charge in [-0.25, -0.2) is 22.8 Å². The van der Waals surface area contributed by atoms with Gasteiger partial charge in [-0.05, 0) is 43.7 Å². The van der Waals surface area contributed by atoms with Crippen molar-refractivity contribution in [3.05, 3.63) is 64.8 Å². The molecule has 0 spiro atoms. The average molecular weight is 539 g/mol. The van der Waals surface area contributed by atoms with Gasteiger partial charge in [-0.2, -0.15) is 23.2 Å². The molecule has 36 heavy (non-hydrogen) atoms. The van der Waals surface area contributed by atoms with E-state index in [4.69, 9.17) is 11.6 Å². The van der Waals surface area contributed by atoms with E-state index in [0.29, 0.717) is 12.4 Å². The first kappa shape index (κ1) is 25.5. The first-order valence-electron chi connectivity index (χ1n) is 10.1. The molecular weight excluding hydrogens is 524 g/mol. The minimum Gasteiger partial charge on any atom is -0.275 e. The minimum atomic E-state index is -4.78. The molecule has 0 aliphatic heterocycles. The highest BCUT2D eigenvalue weighted by Gasteiger charge is 2.39.